The maximum atomic E-state index is 11.0. The molecule has 0 aromatic heterocycles. The molecular weight excluding hydrogens is 140 g/mol. The predicted molar refractivity (Wildman–Crippen MR) is 45.3 cm³/mol. The van der Waals surface area contributed by atoms with Crippen LogP contribution in [-0.2, 0) is 4.79 Å². The van der Waals surface area contributed by atoms with Crippen molar-refractivity contribution in [2.45, 2.75) is 33.3 Å². The summed E-state index contributed by atoms with van der Waals surface area (Å²) >= 11 is 0. The van der Waals surface area contributed by atoms with Crippen molar-refractivity contribution >= 4 is 5.78 Å². The number of Topliss-reactive ketones (excluding diaryl/α,β-unsaturated/α-hetero) is 1. The third kappa shape index (κ3) is 5.80. The van der Waals surface area contributed by atoms with Gasteiger partial charge in [-0.25, -0.2) is 0 Å². The highest BCUT2D eigenvalue weighted by Crippen LogP contribution is 1.99. The van der Waals surface area contributed by atoms with Gasteiger partial charge in [-0.3, -0.25) is 4.79 Å². The second-order valence-electron chi connectivity index (χ2n) is 2.99. The molecule has 0 amide bonds. The normalized spacial score (nSPS) is 14.3. The summed E-state index contributed by atoms with van der Waals surface area (Å²) in [6.07, 6.45) is 3.32. The quantitative estimate of drug-likeness (QED) is 0.627. The lowest BCUT2D eigenvalue weighted by Gasteiger charge is -1.99. The minimum absolute atomic E-state index is 0.0913. The number of hydrogen-bond acceptors (Lipinski definition) is 2. The standard InChI is InChI=1S/C9H16O2/c1-7(2)9(11)6-4-5-8(3)10/h4-5,7-8,10H,6H2,1-3H3. The molecule has 1 unspecified atom stereocenters. The van der Waals surface area contributed by atoms with Gasteiger partial charge in [0.05, 0.1) is 6.10 Å². The van der Waals surface area contributed by atoms with E-state index in [0.29, 0.717) is 6.42 Å². The van der Waals surface area contributed by atoms with Crippen molar-refractivity contribution in [3.05, 3.63) is 12.2 Å². The first-order valence-corrected chi connectivity index (χ1v) is 3.91. The minimum atomic E-state index is -0.449. The van der Waals surface area contributed by atoms with E-state index in [9.17, 15) is 4.79 Å². The molecule has 0 aromatic rings. The summed E-state index contributed by atoms with van der Waals surface area (Å²) in [5.41, 5.74) is 0. The lowest BCUT2D eigenvalue weighted by molar-refractivity contribution is -0.121. The molecule has 11 heavy (non-hydrogen) atoms. The zero-order chi connectivity index (χ0) is 8.85. The molecule has 0 saturated heterocycles. The first kappa shape index (κ1) is 10.4. The molecule has 2 heteroatoms. The van der Waals surface area contributed by atoms with Gasteiger partial charge in [0.2, 0.25) is 0 Å². The third-order valence-corrected chi connectivity index (χ3v) is 1.38. The maximum absolute atomic E-state index is 11.0. The van der Waals surface area contributed by atoms with Crippen LogP contribution < -0.4 is 0 Å². The first-order valence-electron chi connectivity index (χ1n) is 3.91. The summed E-state index contributed by atoms with van der Waals surface area (Å²) in [6.45, 7) is 5.41. The molecule has 0 spiro atoms. The fraction of sp³-hybridized carbons (Fsp3) is 0.667. The Balaban J connectivity index is 3.62. The Bertz CT molecular complexity index is 146. The molecule has 0 fully saturated rings. The van der Waals surface area contributed by atoms with Crippen molar-refractivity contribution in [3.8, 4) is 0 Å². The first-order chi connectivity index (χ1) is 5.04. The van der Waals surface area contributed by atoms with Crippen LogP contribution in [0.4, 0.5) is 0 Å². The highest BCUT2D eigenvalue weighted by atomic mass is 16.3. The van der Waals surface area contributed by atoms with E-state index >= 15 is 0 Å². The number of aliphatic hydroxyl groups is 1. The van der Waals surface area contributed by atoms with Gasteiger partial charge >= 0.3 is 0 Å². The molecule has 0 aromatic carbocycles. The number of rotatable bonds is 4. The topological polar surface area (TPSA) is 37.3 Å². The fourth-order valence-electron chi connectivity index (χ4n) is 0.617. The molecule has 0 aliphatic carbocycles. The zero-order valence-corrected chi connectivity index (χ0v) is 7.37. The lowest BCUT2D eigenvalue weighted by atomic mass is 10.1. The number of ketones is 1. The number of carbonyl (C=O) groups is 1. The van der Waals surface area contributed by atoms with E-state index in [2.05, 4.69) is 0 Å². The van der Waals surface area contributed by atoms with E-state index < -0.39 is 6.10 Å². The van der Waals surface area contributed by atoms with Crippen molar-refractivity contribution in [3.63, 3.8) is 0 Å². The summed E-state index contributed by atoms with van der Waals surface area (Å²) in [5, 5.41) is 8.81. The SMILES string of the molecule is CC(O)C=CCC(=O)C(C)C. The smallest absolute Gasteiger partial charge is 0.139 e. The van der Waals surface area contributed by atoms with E-state index in [4.69, 9.17) is 5.11 Å². The minimum Gasteiger partial charge on any atom is -0.389 e. The Hall–Kier alpha value is -0.630. The van der Waals surface area contributed by atoms with Crippen molar-refractivity contribution in [2.75, 3.05) is 0 Å². The molecule has 1 atom stereocenters. The van der Waals surface area contributed by atoms with Gasteiger partial charge in [0.25, 0.3) is 0 Å². The Labute approximate surface area is 67.9 Å². The van der Waals surface area contributed by atoms with E-state index in [0.717, 1.165) is 0 Å². The summed E-state index contributed by atoms with van der Waals surface area (Å²) in [6, 6.07) is 0. The molecule has 0 rings (SSSR count). The van der Waals surface area contributed by atoms with Crippen LogP contribution in [0.1, 0.15) is 27.2 Å². The Kier molecular flexibility index (Phi) is 4.79. The molecule has 0 aliphatic rings. The Morgan fingerprint density at radius 3 is 2.36 bits per heavy atom. The van der Waals surface area contributed by atoms with Crippen LogP contribution in [0, 0.1) is 5.92 Å². The Morgan fingerprint density at radius 2 is 2.00 bits per heavy atom. The van der Waals surface area contributed by atoms with Crippen LogP contribution in [0.25, 0.3) is 0 Å². The van der Waals surface area contributed by atoms with Crippen LogP contribution >= 0.6 is 0 Å². The predicted octanol–water partition coefficient (Wildman–Crippen LogP) is 1.54. The molecule has 64 valence electrons. The highest BCUT2D eigenvalue weighted by Gasteiger charge is 2.03. The van der Waals surface area contributed by atoms with Crippen LogP contribution in [0.5, 0.6) is 0 Å². The second-order valence-corrected chi connectivity index (χ2v) is 2.99. The van der Waals surface area contributed by atoms with E-state index in [1.54, 1.807) is 19.1 Å². The molecule has 0 bridgehead atoms. The monoisotopic (exact) mass is 156 g/mol. The molecule has 0 aliphatic heterocycles. The van der Waals surface area contributed by atoms with Gasteiger partial charge in [-0.05, 0) is 6.92 Å². The Morgan fingerprint density at radius 1 is 1.45 bits per heavy atom. The van der Waals surface area contributed by atoms with E-state index in [1.165, 1.54) is 0 Å². The summed E-state index contributed by atoms with van der Waals surface area (Å²) in [4.78, 5) is 11.0. The van der Waals surface area contributed by atoms with E-state index in [-0.39, 0.29) is 11.7 Å². The maximum Gasteiger partial charge on any atom is 0.139 e. The van der Waals surface area contributed by atoms with Crippen LogP contribution in [-0.4, -0.2) is 17.0 Å². The van der Waals surface area contributed by atoms with Crippen molar-refractivity contribution in [1.29, 1.82) is 0 Å². The van der Waals surface area contributed by atoms with Crippen molar-refractivity contribution < 1.29 is 9.90 Å². The summed E-state index contributed by atoms with van der Waals surface area (Å²) < 4.78 is 0. The zero-order valence-electron chi connectivity index (χ0n) is 7.37. The largest absolute Gasteiger partial charge is 0.389 e. The summed E-state index contributed by atoms with van der Waals surface area (Å²) in [7, 11) is 0. The fourth-order valence-corrected chi connectivity index (χ4v) is 0.617. The molecule has 1 N–H and O–H groups in total. The number of carbonyl (C=O) groups excluding carboxylic acids is 1. The number of hydrogen-bond donors (Lipinski definition) is 1. The van der Waals surface area contributed by atoms with Gasteiger partial charge in [0.15, 0.2) is 0 Å². The van der Waals surface area contributed by atoms with E-state index in [1.807, 2.05) is 13.8 Å². The van der Waals surface area contributed by atoms with Gasteiger partial charge in [-0.1, -0.05) is 26.0 Å². The van der Waals surface area contributed by atoms with Gasteiger partial charge in [0.1, 0.15) is 5.78 Å². The van der Waals surface area contributed by atoms with Crippen molar-refractivity contribution in [2.24, 2.45) is 5.92 Å². The van der Waals surface area contributed by atoms with Crippen LogP contribution in [0.2, 0.25) is 0 Å². The molecule has 2 nitrogen and oxygen atoms in total. The average molecular weight is 156 g/mol. The van der Waals surface area contributed by atoms with Gasteiger partial charge < -0.3 is 5.11 Å². The summed E-state index contributed by atoms with van der Waals surface area (Å²) in [5.74, 6) is 0.301. The number of allylic oxidation sites excluding steroid dienone is 1. The molecule has 0 heterocycles. The lowest BCUT2D eigenvalue weighted by Crippen LogP contribution is -2.05. The van der Waals surface area contributed by atoms with Crippen molar-refractivity contribution in [1.82, 2.24) is 0 Å². The van der Waals surface area contributed by atoms with Gasteiger partial charge in [0, 0.05) is 12.3 Å². The molecule has 0 radical (unpaired) electrons. The molecule has 0 saturated carbocycles. The number of aliphatic hydroxyl groups excluding tert-OH is 1. The van der Waals surface area contributed by atoms with Gasteiger partial charge in [-0.15, -0.1) is 0 Å². The second kappa shape index (κ2) is 5.08. The average Bonchev–Trinajstić information content (AvgIpc) is 1.86. The van der Waals surface area contributed by atoms with Crippen LogP contribution in [0.3, 0.4) is 0 Å². The van der Waals surface area contributed by atoms with Gasteiger partial charge in [-0.2, -0.15) is 0 Å². The third-order valence-electron chi connectivity index (χ3n) is 1.38. The highest BCUT2D eigenvalue weighted by molar-refractivity contribution is 5.81. The van der Waals surface area contributed by atoms with Crippen LogP contribution in [0.15, 0.2) is 12.2 Å². The molecular formula is C9H16O2.